The van der Waals surface area contributed by atoms with Gasteiger partial charge < -0.3 is 10.1 Å². The number of nitrogens with zero attached hydrogens (tertiary/aromatic N) is 2. The summed E-state index contributed by atoms with van der Waals surface area (Å²) < 4.78 is 30.4. The number of hydrogen-bond donors (Lipinski definition) is 1. The Hall–Kier alpha value is -2.85. The van der Waals surface area contributed by atoms with Crippen LogP contribution in [0.15, 0.2) is 42.5 Å². The lowest BCUT2D eigenvalue weighted by Crippen LogP contribution is -2.41. The lowest BCUT2D eigenvalue weighted by molar-refractivity contribution is -0.384. The van der Waals surface area contributed by atoms with Gasteiger partial charge >= 0.3 is 0 Å². The van der Waals surface area contributed by atoms with Crippen LogP contribution in [0.25, 0.3) is 0 Å². The van der Waals surface area contributed by atoms with E-state index in [1.807, 2.05) is 6.92 Å². The number of carbonyl (C=O) groups excluding carboxylic acids is 1. The maximum absolute atomic E-state index is 12.2. The van der Waals surface area contributed by atoms with Crippen molar-refractivity contribution in [2.24, 2.45) is 0 Å². The van der Waals surface area contributed by atoms with Gasteiger partial charge in [0, 0.05) is 17.2 Å². The molecule has 0 radical (unpaired) electrons. The molecule has 1 amide bonds. The van der Waals surface area contributed by atoms with E-state index in [2.05, 4.69) is 5.32 Å². The molecule has 156 valence electrons. The molecule has 2 aromatic rings. The molecule has 29 heavy (non-hydrogen) atoms. The predicted molar refractivity (Wildman–Crippen MR) is 110 cm³/mol. The topological polar surface area (TPSA) is 119 Å². The fourth-order valence-corrected chi connectivity index (χ4v) is 3.39. The van der Waals surface area contributed by atoms with Gasteiger partial charge in [0.1, 0.15) is 18.9 Å². The fourth-order valence-electron chi connectivity index (χ4n) is 2.37. The number of rotatable bonds is 9. The molecule has 9 nitrogen and oxygen atoms in total. The smallest absolute Gasteiger partial charge is 0.271 e. The minimum absolute atomic E-state index is 0.0300. The largest absolute Gasteiger partial charge is 0.492 e. The molecule has 0 aliphatic heterocycles. The number of nitrogens with one attached hydrogen (secondary N) is 1. The van der Waals surface area contributed by atoms with Gasteiger partial charge in [-0.2, -0.15) is 0 Å². The Morgan fingerprint density at radius 2 is 2.00 bits per heavy atom. The molecule has 0 saturated carbocycles. The molecular weight excluding hydrogens is 422 g/mol. The molecule has 0 aliphatic carbocycles. The number of sulfonamides is 1. The van der Waals surface area contributed by atoms with Crippen LogP contribution < -0.4 is 14.4 Å². The van der Waals surface area contributed by atoms with Gasteiger partial charge in [0.05, 0.1) is 23.4 Å². The molecule has 0 heterocycles. The monoisotopic (exact) mass is 441 g/mol. The number of nitro groups is 1. The lowest BCUT2D eigenvalue weighted by Gasteiger charge is -2.21. The van der Waals surface area contributed by atoms with Crippen LogP contribution >= 0.6 is 11.6 Å². The molecule has 0 spiro atoms. The second kappa shape index (κ2) is 9.57. The number of amides is 1. The van der Waals surface area contributed by atoms with Gasteiger partial charge in [-0.05, 0) is 30.7 Å². The number of anilines is 1. The van der Waals surface area contributed by atoms with Crippen molar-refractivity contribution in [3.8, 4) is 5.75 Å². The van der Waals surface area contributed by atoms with Crippen LogP contribution in [0, 0.1) is 17.0 Å². The summed E-state index contributed by atoms with van der Waals surface area (Å²) in [5.74, 6) is -0.0309. The first kappa shape index (κ1) is 22.4. The highest BCUT2D eigenvalue weighted by Gasteiger charge is 2.22. The number of nitro benzene ring substituents is 1. The van der Waals surface area contributed by atoms with Crippen LogP contribution in [-0.2, 0) is 14.8 Å². The number of non-ortho nitro benzene ring substituents is 1. The number of hydrogen-bond acceptors (Lipinski definition) is 6. The molecule has 0 saturated heterocycles. The zero-order chi connectivity index (χ0) is 21.6. The highest BCUT2D eigenvalue weighted by molar-refractivity contribution is 7.92. The molecule has 0 bridgehead atoms. The second-order valence-electron chi connectivity index (χ2n) is 6.16. The van der Waals surface area contributed by atoms with E-state index < -0.39 is 27.4 Å². The summed E-state index contributed by atoms with van der Waals surface area (Å²) in [4.78, 5) is 22.4. The van der Waals surface area contributed by atoms with Crippen LogP contribution in [0.2, 0.25) is 5.02 Å². The highest BCUT2D eigenvalue weighted by Crippen LogP contribution is 2.23. The van der Waals surface area contributed by atoms with E-state index in [-0.39, 0.29) is 24.5 Å². The second-order valence-corrected chi connectivity index (χ2v) is 8.47. The van der Waals surface area contributed by atoms with Gasteiger partial charge in [0.15, 0.2) is 0 Å². The van der Waals surface area contributed by atoms with Crippen molar-refractivity contribution in [1.82, 2.24) is 5.32 Å². The zero-order valence-electron chi connectivity index (χ0n) is 15.8. The quantitative estimate of drug-likeness (QED) is 0.363. The van der Waals surface area contributed by atoms with Gasteiger partial charge in [0.2, 0.25) is 15.9 Å². The summed E-state index contributed by atoms with van der Waals surface area (Å²) in [7, 11) is -3.83. The molecule has 2 aromatic carbocycles. The van der Waals surface area contributed by atoms with E-state index in [1.54, 1.807) is 18.2 Å². The number of aryl methyl sites for hydroxylation is 1. The Bertz CT molecular complexity index is 1010. The summed E-state index contributed by atoms with van der Waals surface area (Å²) in [5.41, 5.74) is 0.665. The third kappa shape index (κ3) is 6.61. The predicted octanol–water partition coefficient (Wildman–Crippen LogP) is 2.52. The average Bonchev–Trinajstić information content (AvgIpc) is 2.65. The molecule has 1 N–H and O–H groups in total. The van der Waals surface area contributed by atoms with Crippen LogP contribution in [0.5, 0.6) is 5.75 Å². The first-order valence-electron chi connectivity index (χ1n) is 8.46. The van der Waals surface area contributed by atoms with Crippen LogP contribution in [0.4, 0.5) is 11.4 Å². The van der Waals surface area contributed by atoms with Gasteiger partial charge in [-0.15, -0.1) is 0 Å². The van der Waals surface area contributed by atoms with Gasteiger partial charge in [-0.1, -0.05) is 23.7 Å². The summed E-state index contributed by atoms with van der Waals surface area (Å²) in [6, 6.07) is 10.3. The van der Waals surface area contributed by atoms with E-state index in [1.165, 1.54) is 18.2 Å². The Morgan fingerprint density at radius 3 is 2.62 bits per heavy atom. The third-order valence-corrected chi connectivity index (χ3v) is 5.40. The first-order valence-corrected chi connectivity index (χ1v) is 10.7. The van der Waals surface area contributed by atoms with E-state index in [0.717, 1.165) is 22.2 Å². The summed E-state index contributed by atoms with van der Waals surface area (Å²) >= 11 is 6.01. The maximum atomic E-state index is 12.2. The van der Waals surface area contributed by atoms with Gasteiger partial charge in [-0.25, -0.2) is 8.42 Å². The van der Waals surface area contributed by atoms with Gasteiger partial charge in [0.25, 0.3) is 5.69 Å². The molecule has 0 unspecified atom stereocenters. The van der Waals surface area contributed by atoms with Crippen molar-refractivity contribution in [1.29, 1.82) is 0 Å². The first-order chi connectivity index (χ1) is 13.6. The number of ether oxygens (including phenoxy) is 1. The number of carbonyl (C=O) groups is 1. The van der Waals surface area contributed by atoms with Crippen molar-refractivity contribution in [3.63, 3.8) is 0 Å². The Balaban J connectivity index is 1.95. The zero-order valence-corrected chi connectivity index (χ0v) is 17.4. The van der Waals surface area contributed by atoms with Crippen molar-refractivity contribution in [3.05, 3.63) is 63.2 Å². The van der Waals surface area contributed by atoms with Gasteiger partial charge in [-0.3, -0.25) is 19.2 Å². The fraction of sp³-hybridized carbons (Fsp3) is 0.278. The SMILES string of the molecule is Cc1ccc(OCCNC(=O)CN(c2cccc([N+](=O)[O-])c2)S(C)(=O)=O)cc1Cl. The molecule has 0 aliphatic rings. The van der Waals surface area contributed by atoms with Crippen molar-refractivity contribution in [2.75, 3.05) is 30.3 Å². The Morgan fingerprint density at radius 1 is 1.28 bits per heavy atom. The average molecular weight is 442 g/mol. The van der Waals surface area contributed by atoms with E-state index in [9.17, 15) is 23.3 Å². The van der Waals surface area contributed by atoms with Crippen molar-refractivity contribution >= 4 is 38.9 Å². The molecule has 0 atom stereocenters. The van der Waals surface area contributed by atoms with Crippen LogP contribution in [0.3, 0.4) is 0 Å². The van der Waals surface area contributed by atoms with E-state index in [0.29, 0.717) is 10.8 Å². The Labute approximate surface area is 173 Å². The number of benzene rings is 2. The van der Waals surface area contributed by atoms with Crippen LogP contribution in [0.1, 0.15) is 5.56 Å². The standard InChI is InChI=1S/C18H20ClN3O6S/c1-13-6-7-16(11-17(13)19)28-9-8-20-18(23)12-21(29(2,26)27)14-4-3-5-15(10-14)22(24)25/h3-7,10-11H,8-9,12H2,1-2H3,(H,20,23). The van der Waals surface area contributed by atoms with E-state index in [4.69, 9.17) is 16.3 Å². The molecule has 0 fully saturated rings. The van der Waals surface area contributed by atoms with E-state index >= 15 is 0 Å². The highest BCUT2D eigenvalue weighted by atomic mass is 35.5. The van der Waals surface area contributed by atoms with Crippen molar-refractivity contribution in [2.45, 2.75) is 6.92 Å². The lowest BCUT2D eigenvalue weighted by atomic mass is 10.2. The molecule has 0 aromatic heterocycles. The van der Waals surface area contributed by atoms with Crippen molar-refractivity contribution < 1.29 is 22.9 Å². The third-order valence-electron chi connectivity index (χ3n) is 3.85. The minimum atomic E-state index is -3.83. The summed E-state index contributed by atoms with van der Waals surface area (Å²) in [5, 5.41) is 14.0. The molecule has 11 heteroatoms. The molecular formula is C18H20ClN3O6S. The maximum Gasteiger partial charge on any atom is 0.271 e. The normalized spacial score (nSPS) is 11.0. The molecule has 2 rings (SSSR count). The summed E-state index contributed by atoms with van der Waals surface area (Å²) in [6.07, 6.45) is 0.920. The summed E-state index contributed by atoms with van der Waals surface area (Å²) in [6.45, 7) is 1.63. The Kier molecular flexibility index (Phi) is 7.40. The number of halogens is 1. The van der Waals surface area contributed by atoms with Crippen LogP contribution in [-0.4, -0.2) is 45.2 Å². The minimum Gasteiger partial charge on any atom is -0.492 e.